The normalized spacial score (nSPS) is 29.3. The number of nitrogens with zero attached hydrogens (tertiary/aromatic N) is 4. The number of hydrogen-bond acceptors (Lipinski definition) is 9. The molecule has 2 aromatic rings. The van der Waals surface area contributed by atoms with Crippen molar-refractivity contribution in [3.05, 3.63) is 18.3 Å². The van der Waals surface area contributed by atoms with Crippen LogP contribution in [0.25, 0.3) is 11.5 Å². The third-order valence-electron chi connectivity index (χ3n) is 3.03. The lowest BCUT2D eigenvalue weighted by Gasteiger charge is -2.34. The number of tetrazole rings is 1. The van der Waals surface area contributed by atoms with Gasteiger partial charge in [-0.25, -0.2) is 4.98 Å². The van der Waals surface area contributed by atoms with Gasteiger partial charge in [-0.3, -0.25) is 0 Å². The Morgan fingerprint density at radius 1 is 1.29 bits per heavy atom. The summed E-state index contributed by atoms with van der Waals surface area (Å²) < 4.78 is 5.70. The second kappa shape index (κ2) is 5.93. The van der Waals surface area contributed by atoms with Crippen LogP contribution in [0.4, 0.5) is 0 Å². The number of nitrogens with one attached hydrogen (secondary N) is 1. The predicted octanol–water partition coefficient (Wildman–Crippen LogP) is -1.20. The minimum Gasteiger partial charge on any atom is -0.475 e. The lowest BCUT2D eigenvalue weighted by molar-refractivity contribution is -0.0785. The van der Waals surface area contributed by atoms with E-state index in [1.807, 2.05) is 0 Å². The van der Waals surface area contributed by atoms with Crippen molar-refractivity contribution >= 4 is 11.8 Å². The van der Waals surface area contributed by atoms with Gasteiger partial charge in [-0.05, 0) is 17.3 Å². The van der Waals surface area contributed by atoms with Crippen molar-refractivity contribution in [3.8, 4) is 17.3 Å². The summed E-state index contributed by atoms with van der Waals surface area (Å²) in [6.45, 7) is 0. The van der Waals surface area contributed by atoms with Crippen molar-refractivity contribution < 1.29 is 20.1 Å². The van der Waals surface area contributed by atoms with Crippen molar-refractivity contribution in [2.75, 3.05) is 5.75 Å². The van der Waals surface area contributed by atoms with E-state index in [0.29, 0.717) is 11.4 Å². The Morgan fingerprint density at radius 2 is 2.14 bits per heavy atom. The zero-order chi connectivity index (χ0) is 14.8. The maximum absolute atomic E-state index is 9.96. The molecule has 1 fully saturated rings. The molecule has 10 heteroatoms. The number of rotatable bonds is 3. The quantitative estimate of drug-likeness (QED) is 0.550. The molecular weight excluding hydrogens is 298 g/mol. The molecule has 0 spiro atoms. The first-order chi connectivity index (χ1) is 10.2. The number of aromatic amines is 1. The molecule has 1 aliphatic rings. The van der Waals surface area contributed by atoms with Gasteiger partial charge in [0.1, 0.15) is 12.2 Å². The molecule has 0 radical (unpaired) electrons. The molecule has 0 aromatic carbocycles. The first kappa shape index (κ1) is 14.2. The summed E-state index contributed by atoms with van der Waals surface area (Å²) in [5, 5.41) is 42.6. The summed E-state index contributed by atoms with van der Waals surface area (Å²) in [6, 6.07) is 3.33. The molecule has 112 valence electrons. The number of pyridine rings is 1. The fourth-order valence-electron chi connectivity index (χ4n) is 1.92. The molecule has 4 atom stereocenters. The van der Waals surface area contributed by atoms with Crippen LogP contribution in [0, 0.1) is 0 Å². The highest BCUT2D eigenvalue weighted by molar-refractivity contribution is 7.99. The summed E-state index contributed by atoms with van der Waals surface area (Å²) >= 11 is 1.21. The first-order valence-corrected chi connectivity index (χ1v) is 7.23. The zero-order valence-corrected chi connectivity index (χ0v) is 11.5. The highest BCUT2D eigenvalue weighted by atomic mass is 32.2. The molecule has 0 bridgehead atoms. The molecule has 3 rings (SSSR count). The minimum atomic E-state index is -1.25. The topological polar surface area (TPSA) is 137 Å². The van der Waals surface area contributed by atoms with E-state index in [-0.39, 0.29) is 11.6 Å². The van der Waals surface area contributed by atoms with Gasteiger partial charge in [0.15, 0.2) is 16.9 Å². The van der Waals surface area contributed by atoms with Gasteiger partial charge < -0.3 is 20.1 Å². The van der Waals surface area contributed by atoms with Gasteiger partial charge >= 0.3 is 0 Å². The fraction of sp³-hybridized carbons (Fsp3) is 0.455. The van der Waals surface area contributed by atoms with Crippen LogP contribution in [-0.4, -0.2) is 70.4 Å². The Bertz CT molecular complexity index is 598. The number of hydrogen-bond donors (Lipinski definition) is 4. The second-order valence-electron chi connectivity index (χ2n) is 4.45. The molecule has 0 aliphatic carbocycles. The van der Waals surface area contributed by atoms with Gasteiger partial charge in [-0.2, -0.15) is 5.21 Å². The van der Waals surface area contributed by atoms with E-state index in [2.05, 4.69) is 25.6 Å². The van der Waals surface area contributed by atoms with E-state index in [0.717, 1.165) is 0 Å². The van der Waals surface area contributed by atoms with Gasteiger partial charge in [0.05, 0.1) is 6.10 Å². The molecule has 0 amide bonds. The second-order valence-corrected chi connectivity index (χ2v) is 5.58. The molecule has 9 nitrogen and oxygen atoms in total. The first-order valence-electron chi connectivity index (χ1n) is 6.18. The summed E-state index contributed by atoms with van der Waals surface area (Å²) in [5.74, 6) is 0.890. The monoisotopic (exact) mass is 311 g/mol. The largest absolute Gasteiger partial charge is 0.475 e. The summed E-state index contributed by atoms with van der Waals surface area (Å²) in [6.07, 6.45) is -1.88. The van der Waals surface area contributed by atoms with Crippen LogP contribution in [0.15, 0.2) is 18.3 Å². The van der Waals surface area contributed by atoms with Gasteiger partial charge in [0, 0.05) is 11.9 Å². The molecule has 3 heterocycles. The average Bonchev–Trinajstić information content (AvgIpc) is 3.02. The smallest absolute Gasteiger partial charge is 0.226 e. The van der Waals surface area contributed by atoms with Crippen LogP contribution < -0.4 is 4.74 Å². The summed E-state index contributed by atoms with van der Waals surface area (Å²) in [4.78, 5) is 4.13. The third-order valence-corrected chi connectivity index (χ3v) is 4.26. The number of aliphatic hydroxyl groups excluding tert-OH is 3. The Hall–Kier alpha value is -1.75. The standard InChI is InChI=1S/C11H13N5O4S/c17-5-4-21-11(9(19)8(5)18)20-6-2-1-3-12-7(6)10-13-15-16-14-10/h1-3,5,8-9,11,17-19H,4H2,(H,13,14,15,16)/t5-,8+,9-,11-/m1/s1. The van der Waals surface area contributed by atoms with Crippen molar-refractivity contribution in [2.24, 2.45) is 0 Å². The maximum Gasteiger partial charge on any atom is 0.226 e. The van der Waals surface area contributed by atoms with E-state index >= 15 is 0 Å². The maximum atomic E-state index is 9.96. The number of aliphatic hydroxyl groups is 3. The average molecular weight is 311 g/mol. The SMILES string of the molecule is O[C@@H]1[C@@H](O)[C@H](Oc2cccnc2-c2nn[nH]n2)SC[C@H]1O. The van der Waals surface area contributed by atoms with Crippen LogP contribution in [0.3, 0.4) is 0 Å². The minimum absolute atomic E-state index is 0.265. The van der Waals surface area contributed by atoms with Crippen LogP contribution in [0.2, 0.25) is 0 Å². The molecule has 1 aliphatic heterocycles. The number of H-pyrrole nitrogens is 1. The van der Waals surface area contributed by atoms with Crippen LogP contribution >= 0.6 is 11.8 Å². The summed E-state index contributed by atoms with van der Waals surface area (Å²) in [7, 11) is 0. The fourth-order valence-corrected chi connectivity index (χ4v) is 3.04. The van der Waals surface area contributed by atoms with Crippen molar-refractivity contribution in [3.63, 3.8) is 0 Å². The van der Waals surface area contributed by atoms with Crippen molar-refractivity contribution in [1.82, 2.24) is 25.6 Å². The summed E-state index contributed by atoms with van der Waals surface area (Å²) in [5.41, 5.74) is -0.349. The van der Waals surface area contributed by atoms with Crippen molar-refractivity contribution in [2.45, 2.75) is 23.7 Å². The molecule has 21 heavy (non-hydrogen) atoms. The van der Waals surface area contributed by atoms with Crippen LogP contribution in [0.5, 0.6) is 5.75 Å². The molecule has 0 unspecified atom stereocenters. The third kappa shape index (κ3) is 2.83. The number of aromatic nitrogens is 5. The van der Waals surface area contributed by atoms with E-state index in [4.69, 9.17) is 4.74 Å². The van der Waals surface area contributed by atoms with Gasteiger partial charge in [0.25, 0.3) is 0 Å². The lowest BCUT2D eigenvalue weighted by atomic mass is 10.1. The molecular formula is C11H13N5O4S. The van der Waals surface area contributed by atoms with E-state index in [1.54, 1.807) is 18.3 Å². The Balaban J connectivity index is 1.83. The van der Waals surface area contributed by atoms with Gasteiger partial charge in [0.2, 0.25) is 5.82 Å². The van der Waals surface area contributed by atoms with Crippen LogP contribution in [0.1, 0.15) is 0 Å². The number of thioether (sulfide) groups is 1. The molecule has 4 N–H and O–H groups in total. The van der Waals surface area contributed by atoms with Gasteiger partial charge in [-0.15, -0.1) is 22.0 Å². The van der Waals surface area contributed by atoms with Crippen molar-refractivity contribution in [1.29, 1.82) is 0 Å². The van der Waals surface area contributed by atoms with E-state index in [1.165, 1.54) is 11.8 Å². The van der Waals surface area contributed by atoms with Gasteiger partial charge in [-0.1, -0.05) is 0 Å². The highest BCUT2D eigenvalue weighted by Crippen LogP contribution is 2.32. The molecule has 2 aromatic heterocycles. The van der Waals surface area contributed by atoms with E-state index in [9.17, 15) is 15.3 Å². The zero-order valence-electron chi connectivity index (χ0n) is 10.7. The lowest BCUT2D eigenvalue weighted by Crippen LogP contribution is -2.50. The van der Waals surface area contributed by atoms with E-state index < -0.39 is 23.7 Å². The predicted molar refractivity (Wildman–Crippen MR) is 72.3 cm³/mol. The molecule has 0 saturated carbocycles. The Morgan fingerprint density at radius 3 is 2.90 bits per heavy atom. The Labute approximate surface area is 123 Å². The number of ether oxygens (including phenoxy) is 1. The van der Waals surface area contributed by atoms with Crippen LogP contribution in [-0.2, 0) is 0 Å². The highest BCUT2D eigenvalue weighted by Gasteiger charge is 2.39. The molecule has 1 saturated heterocycles. The Kier molecular flexibility index (Phi) is 4.01.